The summed E-state index contributed by atoms with van der Waals surface area (Å²) in [6.45, 7) is -0.0235. The van der Waals surface area contributed by atoms with Crippen LogP contribution in [0.15, 0.2) is 47.4 Å². The number of ketones is 1. The van der Waals surface area contributed by atoms with Crippen LogP contribution in [0.25, 0.3) is 0 Å². The molecule has 0 bridgehead atoms. The molecule has 0 amide bonds. The van der Waals surface area contributed by atoms with Crippen molar-refractivity contribution in [2.24, 2.45) is 0 Å². The van der Waals surface area contributed by atoms with Crippen molar-refractivity contribution in [2.75, 3.05) is 13.3 Å². The molecule has 156 valence electrons. The Kier molecular flexibility index (Phi) is 5.99. The Morgan fingerprint density at radius 1 is 1.07 bits per heavy atom. The van der Waals surface area contributed by atoms with E-state index in [1.807, 2.05) is 0 Å². The minimum Gasteiger partial charge on any atom is -0.454 e. The number of alkyl halides is 3. The number of fused-ring (bicyclic) bond motifs is 1. The fourth-order valence-electron chi connectivity index (χ4n) is 2.60. The average Bonchev–Trinajstić information content (AvgIpc) is 3.08. The van der Waals surface area contributed by atoms with Crippen LogP contribution < -0.4 is 18.9 Å². The summed E-state index contributed by atoms with van der Waals surface area (Å²) in [5.74, 6) is 0.422. The van der Waals surface area contributed by atoms with E-state index in [4.69, 9.17) is 9.47 Å². The van der Waals surface area contributed by atoms with E-state index >= 15 is 0 Å². The molecular weight excluding hydrogens is 415 g/mol. The van der Waals surface area contributed by atoms with E-state index in [1.54, 1.807) is 18.2 Å². The van der Waals surface area contributed by atoms with E-state index in [-0.39, 0.29) is 36.9 Å². The van der Waals surface area contributed by atoms with Gasteiger partial charge in [-0.3, -0.25) is 4.79 Å². The molecule has 1 N–H and O–H groups in total. The molecule has 1 aliphatic heterocycles. The monoisotopic (exact) mass is 431 g/mol. The topological polar surface area (TPSA) is 90.9 Å². The number of hydrogen-bond acceptors (Lipinski definition) is 6. The Morgan fingerprint density at radius 3 is 2.45 bits per heavy atom. The summed E-state index contributed by atoms with van der Waals surface area (Å²) in [7, 11) is -3.97. The number of sulfonamides is 1. The zero-order chi connectivity index (χ0) is 21.1. The summed E-state index contributed by atoms with van der Waals surface area (Å²) in [5.41, 5.74) is 0.711. The first-order valence-electron chi connectivity index (χ1n) is 8.38. The Hall–Kier alpha value is -2.79. The van der Waals surface area contributed by atoms with Crippen LogP contribution in [0.3, 0.4) is 0 Å². The van der Waals surface area contributed by atoms with E-state index < -0.39 is 22.1 Å². The lowest BCUT2D eigenvalue weighted by Crippen LogP contribution is -2.26. The maximum Gasteiger partial charge on any atom is 0.573 e. The van der Waals surface area contributed by atoms with Crippen molar-refractivity contribution >= 4 is 15.8 Å². The van der Waals surface area contributed by atoms with E-state index in [1.165, 1.54) is 0 Å². The van der Waals surface area contributed by atoms with Gasteiger partial charge in [0, 0.05) is 19.4 Å². The number of nitrogens with one attached hydrogen (secondary N) is 1. The highest BCUT2D eigenvalue weighted by Gasteiger charge is 2.31. The number of rotatable bonds is 8. The van der Waals surface area contributed by atoms with Crippen molar-refractivity contribution in [2.45, 2.75) is 24.1 Å². The Labute approximate surface area is 164 Å². The lowest BCUT2D eigenvalue weighted by Gasteiger charge is -2.10. The third kappa shape index (κ3) is 5.84. The molecule has 0 aliphatic carbocycles. The van der Waals surface area contributed by atoms with Crippen molar-refractivity contribution in [3.8, 4) is 17.2 Å². The van der Waals surface area contributed by atoms with Gasteiger partial charge in [-0.2, -0.15) is 0 Å². The molecule has 0 saturated heterocycles. The van der Waals surface area contributed by atoms with Gasteiger partial charge in [0.25, 0.3) is 0 Å². The number of benzene rings is 2. The molecule has 0 spiro atoms. The quantitative estimate of drug-likeness (QED) is 0.691. The fraction of sp³-hybridized carbons (Fsp3) is 0.278. The van der Waals surface area contributed by atoms with E-state index in [2.05, 4.69) is 9.46 Å². The highest BCUT2D eigenvalue weighted by molar-refractivity contribution is 7.89. The van der Waals surface area contributed by atoms with Crippen molar-refractivity contribution in [1.29, 1.82) is 0 Å². The molecule has 0 radical (unpaired) electrons. The zero-order valence-electron chi connectivity index (χ0n) is 14.9. The molecule has 0 saturated carbocycles. The van der Waals surface area contributed by atoms with Crippen molar-refractivity contribution in [1.82, 2.24) is 4.72 Å². The smallest absolute Gasteiger partial charge is 0.454 e. The second-order valence-corrected chi connectivity index (χ2v) is 7.84. The van der Waals surface area contributed by atoms with Gasteiger partial charge >= 0.3 is 6.36 Å². The first-order valence-corrected chi connectivity index (χ1v) is 9.86. The second kappa shape index (κ2) is 8.29. The number of Topliss-reactive ketones (excluding diaryl/α,β-unsaturated/α-hetero) is 1. The van der Waals surface area contributed by atoms with Gasteiger partial charge in [-0.15, -0.1) is 13.2 Å². The first kappa shape index (κ1) is 20.9. The molecule has 7 nitrogen and oxygen atoms in total. The molecule has 11 heteroatoms. The number of ether oxygens (including phenoxy) is 3. The van der Waals surface area contributed by atoms with Crippen LogP contribution in [-0.4, -0.2) is 33.9 Å². The van der Waals surface area contributed by atoms with E-state index in [0.717, 1.165) is 24.3 Å². The molecule has 0 unspecified atom stereocenters. The summed E-state index contributed by atoms with van der Waals surface area (Å²) >= 11 is 0. The molecule has 3 rings (SSSR count). The number of carbonyl (C=O) groups excluding carboxylic acids is 1. The molecule has 0 aromatic heterocycles. The van der Waals surface area contributed by atoms with Crippen molar-refractivity contribution in [3.63, 3.8) is 0 Å². The summed E-state index contributed by atoms with van der Waals surface area (Å²) in [4.78, 5) is 11.8. The van der Waals surface area contributed by atoms with Crippen LogP contribution in [0, 0.1) is 0 Å². The van der Waals surface area contributed by atoms with Gasteiger partial charge in [0.2, 0.25) is 16.8 Å². The molecule has 0 atom stereocenters. The normalized spacial score (nSPS) is 13.3. The van der Waals surface area contributed by atoms with Gasteiger partial charge < -0.3 is 14.2 Å². The summed E-state index contributed by atoms with van der Waals surface area (Å²) in [6, 6.07) is 8.87. The predicted octanol–water partition coefficient (Wildman–Crippen LogP) is 2.79. The molecule has 29 heavy (non-hydrogen) atoms. The van der Waals surface area contributed by atoms with Gasteiger partial charge in [-0.05, 0) is 42.0 Å². The van der Waals surface area contributed by atoms with Crippen LogP contribution in [0.5, 0.6) is 17.2 Å². The lowest BCUT2D eigenvalue weighted by molar-refractivity contribution is -0.274. The Morgan fingerprint density at radius 2 is 1.76 bits per heavy atom. The first-order chi connectivity index (χ1) is 13.6. The van der Waals surface area contributed by atoms with Gasteiger partial charge in [0.1, 0.15) is 11.5 Å². The molecule has 0 fully saturated rings. The van der Waals surface area contributed by atoms with Crippen LogP contribution in [0.1, 0.15) is 12.0 Å². The fourth-order valence-corrected chi connectivity index (χ4v) is 3.63. The maximum atomic E-state index is 12.2. The van der Waals surface area contributed by atoms with Gasteiger partial charge in [-0.25, -0.2) is 13.1 Å². The minimum absolute atomic E-state index is 0.0526. The third-order valence-corrected chi connectivity index (χ3v) is 5.38. The molecule has 2 aromatic carbocycles. The molecule has 1 heterocycles. The van der Waals surface area contributed by atoms with Gasteiger partial charge in [0.05, 0.1) is 4.90 Å². The SMILES string of the molecule is O=C(CCNS(=O)(=O)c1ccc(OC(F)(F)F)cc1)Cc1ccc2c(c1)OCO2. The van der Waals surface area contributed by atoms with Crippen LogP contribution >= 0.6 is 0 Å². The van der Waals surface area contributed by atoms with Gasteiger partial charge in [0.15, 0.2) is 11.5 Å². The largest absolute Gasteiger partial charge is 0.573 e. The summed E-state index contributed by atoms with van der Waals surface area (Å²) in [6.07, 6.45) is -4.82. The van der Waals surface area contributed by atoms with Crippen LogP contribution in [-0.2, 0) is 21.2 Å². The summed E-state index contributed by atoms with van der Waals surface area (Å²) in [5, 5.41) is 0. The number of halogens is 3. The van der Waals surface area contributed by atoms with E-state index in [0.29, 0.717) is 17.1 Å². The second-order valence-electron chi connectivity index (χ2n) is 6.07. The standard InChI is InChI=1S/C18H16F3NO6S/c19-18(20,21)28-14-2-4-15(5-3-14)29(24,25)22-8-7-13(23)9-12-1-6-16-17(10-12)27-11-26-16/h1-6,10,22H,7-9,11H2. The van der Waals surface area contributed by atoms with Crippen LogP contribution in [0.2, 0.25) is 0 Å². The highest BCUT2D eigenvalue weighted by Crippen LogP contribution is 2.32. The predicted molar refractivity (Wildman–Crippen MR) is 94.2 cm³/mol. The molecular formula is C18H16F3NO6S. The Balaban J connectivity index is 1.50. The van der Waals surface area contributed by atoms with Gasteiger partial charge in [-0.1, -0.05) is 6.07 Å². The van der Waals surface area contributed by atoms with Crippen molar-refractivity contribution in [3.05, 3.63) is 48.0 Å². The minimum atomic E-state index is -4.86. The van der Waals surface area contributed by atoms with Crippen molar-refractivity contribution < 1.29 is 40.6 Å². The number of hydrogen-bond donors (Lipinski definition) is 1. The number of carbonyl (C=O) groups is 1. The third-order valence-electron chi connectivity index (χ3n) is 3.90. The lowest BCUT2D eigenvalue weighted by atomic mass is 10.1. The summed E-state index contributed by atoms with van der Waals surface area (Å²) < 4.78 is 77.1. The molecule has 1 aliphatic rings. The average molecular weight is 431 g/mol. The highest BCUT2D eigenvalue weighted by atomic mass is 32.2. The zero-order valence-corrected chi connectivity index (χ0v) is 15.7. The van der Waals surface area contributed by atoms with E-state index in [9.17, 15) is 26.4 Å². The van der Waals surface area contributed by atoms with Crippen LogP contribution in [0.4, 0.5) is 13.2 Å². The Bertz CT molecular complexity index is 990. The maximum absolute atomic E-state index is 12.2. The molecule has 2 aromatic rings.